The molecule has 2 N–H and O–H groups in total. The number of nitrogens with zero attached hydrogens (tertiary/aromatic N) is 2. The van der Waals surface area contributed by atoms with Gasteiger partial charge in [-0.1, -0.05) is 64.7 Å². The van der Waals surface area contributed by atoms with E-state index in [0.29, 0.717) is 0 Å². The minimum absolute atomic E-state index is 0.246. The fourth-order valence-electron chi connectivity index (χ4n) is 1.82. The summed E-state index contributed by atoms with van der Waals surface area (Å²) in [5.41, 5.74) is 5.37. The van der Waals surface area contributed by atoms with Gasteiger partial charge in [0.15, 0.2) is 0 Å². The highest BCUT2D eigenvalue weighted by Crippen LogP contribution is 2.10. The van der Waals surface area contributed by atoms with Gasteiger partial charge in [-0.2, -0.15) is 0 Å². The van der Waals surface area contributed by atoms with E-state index in [2.05, 4.69) is 28.7 Å². The van der Waals surface area contributed by atoms with E-state index in [0.717, 1.165) is 13.0 Å². The molecule has 0 aliphatic carbocycles. The summed E-state index contributed by atoms with van der Waals surface area (Å²) < 4.78 is 3.38. The van der Waals surface area contributed by atoms with Gasteiger partial charge in [-0.25, -0.2) is 0 Å². The number of rotatable bonds is 11. The van der Waals surface area contributed by atoms with Crippen LogP contribution in [0, 0.1) is 0 Å². The quantitative estimate of drug-likeness (QED) is 0.346. The van der Waals surface area contributed by atoms with Crippen molar-refractivity contribution in [2.24, 2.45) is 15.1 Å². The summed E-state index contributed by atoms with van der Waals surface area (Å²) in [7, 11) is 0. The van der Waals surface area contributed by atoms with Gasteiger partial charge in [-0.15, -0.1) is 4.36 Å². The molecule has 0 aromatic rings. The van der Waals surface area contributed by atoms with Crippen molar-refractivity contribution in [1.82, 2.24) is 0 Å². The molecular formula is C13H27N3S. The molecule has 0 spiro atoms. The second-order valence-electron chi connectivity index (χ2n) is 4.51. The second kappa shape index (κ2) is 13.6. The molecule has 0 rings (SSSR count). The monoisotopic (exact) mass is 257 g/mol. The van der Waals surface area contributed by atoms with E-state index in [1.165, 1.54) is 57.8 Å². The molecule has 0 radical (unpaired) electrons. The normalized spacial score (nSPS) is 11.7. The standard InChI is InChI=1S/C13H27N3S/c1-2-3-4-5-6-7-8-9-10-11-12-15-13(14)16-17/h2-12H2,1H3,(H2,14,15). The van der Waals surface area contributed by atoms with E-state index < -0.39 is 0 Å². The number of hydrogen-bond acceptors (Lipinski definition) is 2. The third-order valence-electron chi connectivity index (χ3n) is 2.88. The molecule has 0 fully saturated rings. The van der Waals surface area contributed by atoms with E-state index in [1.807, 2.05) is 0 Å². The molecule has 0 bridgehead atoms. The SMILES string of the molecule is CCCCCCCCCCCCN=C(N)N=S. The van der Waals surface area contributed by atoms with E-state index in [9.17, 15) is 0 Å². The van der Waals surface area contributed by atoms with Crippen LogP contribution in [-0.4, -0.2) is 12.5 Å². The third-order valence-corrected chi connectivity index (χ3v) is 3.07. The van der Waals surface area contributed by atoms with Gasteiger partial charge in [0.1, 0.15) is 0 Å². The average molecular weight is 257 g/mol. The van der Waals surface area contributed by atoms with Crippen LogP contribution in [-0.2, 0) is 12.4 Å². The molecule has 0 aliphatic rings. The van der Waals surface area contributed by atoms with Crippen LogP contribution in [0.25, 0.3) is 0 Å². The van der Waals surface area contributed by atoms with Crippen LogP contribution in [0.4, 0.5) is 0 Å². The fraction of sp³-hybridized carbons (Fsp3) is 0.923. The first-order valence-corrected chi connectivity index (χ1v) is 7.31. The first kappa shape index (κ1) is 16.5. The number of hydrogen-bond donors (Lipinski definition) is 1. The maximum Gasteiger partial charge on any atom is 0.227 e. The minimum atomic E-state index is 0.246. The van der Waals surface area contributed by atoms with Gasteiger partial charge in [0.25, 0.3) is 0 Å². The zero-order valence-electron chi connectivity index (χ0n) is 11.2. The number of aliphatic imine (C=N–C) groups is 1. The summed E-state index contributed by atoms with van der Waals surface area (Å²) in [4.78, 5) is 4.03. The molecule has 4 heteroatoms. The Hall–Kier alpha value is -0.510. The van der Waals surface area contributed by atoms with Crippen molar-refractivity contribution >= 4 is 18.4 Å². The van der Waals surface area contributed by atoms with Crippen LogP contribution < -0.4 is 5.73 Å². The molecule has 100 valence electrons. The van der Waals surface area contributed by atoms with Gasteiger partial charge < -0.3 is 5.73 Å². The Bertz CT molecular complexity index is 205. The smallest absolute Gasteiger partial charge is 0.227 e. The summed E-state index contributed by atoms with van der Waals surface area (Å²) in [5, 5.41) is 0. The Morgan fingerprint density at radius 2 is 1.35 bits per heavy atom. The highest BCUT2D eigenvalue weighted by atomic mass is 32.1. The Labute approximate surface area is 111 Å². The number of guanidine groups is 1. The summed E-state index contributed by atoms with van der Waals surface area (Å²) in [6.07, 6.45) is 13.4. The molecular weight excluding hydrogens is 230 g/mol. The zero-order chi connectivity index (χ0) is 12.8. The largest absolute Gasteiger partial charge is 0.367 e. The minimum Gasteiger partial charge on any atom is -0.367 e. The van der Waals surface area contributed by atoms with Crippen molar-refractivity contribution in [1.29, 1.82) is 0 Å². The van der Waals surface area contributed by atoms with Crippen LogP contribution in [0.3, 0.4) is 0 Å². The van der Waals surface area contributed by atoms with Crippen molar-refractivity contribution in [2.75, 3.05) is 6.54 Å². The Morgan fingerprint density at radius 1 is 0.882 bits per heavy atom. The molecule has 3 nitrogen and oxygen atoms in total. The molecule has 0 saturated carbocycles. The van der Waals surface area contributed by atoms with E-state index in [-0.39, 0.29) is 5.96 Å². The van der Waals surface area contributed by atoms with Crippen LogP contribution >= 0.6 is 0 Å². The van der Waals surface area contributed by atoms with Crippen molar-refractivity contribution in [3.05, 3.63) is 0 Å². The summed E-state index contributed by atoms with van der Waals surface area (Å²) >= 11 is 4.42. The predicted molar refractivity (Wildman–Crippen MR) is 78.1 cm³/mol. The molecule has 0 heterocycles. The number of nitrogens with two attached hydrogens (primary N) is 1. The molecule has 0 atom stereocenters. The summed E-state index contributed by atoms with van der Waals surface area (Å²) in [6, 6.07) is 0. The van der Waals surface area contributed by atoms with Crippen molar-refractivity contribution in [2.45, 2.75) is 71.1 Å². The molecule has 0 aromatic heterocycles. The van der Waals surface area contributed by atoms with Gasteiger partial charge in [0.05, 0.1) is 0 Å². The summed E-state index contributed by atoms with van der Waals surface area (Å²) in [5.74, 6) is 0.246. The molecule has 0 unspecified atom stereocenters. The lowest BCUT2D eigenvalue weighted by molar-refractivity contribution is 0.558. The lowest BCUT2D eigenvalue weighted by Gasteiger charge is -2.01. The van der Waals surface area contributed by atoms with E-state index in [4.69, 9.17) is 5.73 Å². The molecule has 0 amide bonds. The first-order valence-electron chi connectivity index (χ1n) is 6.94. The fourth-order valence-corrected chi connectivity index (χ4v) is 1.88. The van der Waals surface area contributed by atoms with Gasteiger partial charge in [0, 0.05) is 19.0 Å². The van der Waals surface area contributed by atoms with Gasteiger partial charge in [-0.05, 0) is 6.42 Å². The van der Waals surface area contributed by atoms with Gasteiger partial charge in [-0.3, -0.25) is 4.99 Å². The number of unbranched alkanes of at least 4 members (excludes halogenated alkanes) is 9. The topological polar surface area (TPSA) is 50.7 Å². The second-order valence-corrected chi connectivity index (χ2v) is 4.70. The van der Waals surface area contributed by atoms with Crippen molar-refractivity contribution < 1.29 is 0 Å². The molecule has 0 aromatic carbocycles. The van der Waals surface area contributed by atoms with E-state index >= 15 is 0 Å². The lowest BCUT2D eigenvalue weighted by Crippen LogP contribution is -2.07. The highest BCUT2D eigenvalue weighted by Gasteiger charge is 1.92. The van der Waals surface area contributed by atoms with Gasteiger partial charge >= 0.3 is 0 Å². The molecule has 17 heavy (non-hydrogen) atoms. The zero-order valence-corrected chi connectivity index (χ0v) is 12.0. The lowest BCUT2D eigenvalue weighted by atomic mass is 10.1. The third kappa shape index (κ3) is 13.4. The van der Waals surface area contributed by atoms with E-state index in [1.54, 1.807) is 0 Å². The van der Waals surface area contributed by atoms with Crippen molar-refractivity contribution in [3.8, 4) is 0 Å². The Balaban J connectivity index is 3.06. The maximum atomic E-state index is 5.37. The predicted octanol–water partition coefficient (Wildman–Crippen LogP) is 3.95. The van der Waals surface area contributed by atoms with Crippen LogP contribution in [0.15, 0.2) is 9.36 Å². The molecule has 0 aliphatic heterocycles. The average Bonchev–Trinajstić information content (AvgIpc) is 2.35. The molecule has 0 saturated heterocycles. The summed E-state index contributed by atoms with van der Waals surface area (Å²) in [6.45, 7) is 3.02. The van der Waals surface area contributed by atoms with Gasteiger partial charge in [0.2, 0.25) is 5.96 Å². The Morgan fingerprint density at radius 3 is 1.82 bits per heavy atom. The Kier molecular flexibility index (Phi) is 13.1. The van der Waals surface area contributed by atoms with Crippen molar-refractivity contribution in [3.63, 3.8) is 0 Å². The first-order chi connectivity index (χ1) is 8.31. The van der Waals surface area contributed by atoms with Crippen LogP contribution in [0.1, 0.15) is 71.1 Å². The maximum absolute atomic E-state index is 5.37. The van der Waals surface area contributed by atoms with Crippen LogP contribution in [0.2, 0.25) is 0 Å². The highest BCUT2D eigenvalue weighted by molar-refractivity contribution is 7.47. The van der Waals surface area contributed by atoms with Crippen LogP contribution in [0.5, 0.6) is 0 Å².